The average Bonchev–Trinajstić information content (AvgIpc) is 3.18. The Bertz CT molecular complexity index is 1150. The van der Waals surface area contributed by atoms with Crippen molar-refractivity contribution in [3.8, 4) is 22.5 Å². The maximum atomic E-state index is 13.5. The smallest absolute Gasteiger partial charge is 0.301 e. The van der Waals surface area contributed by atoms with Gasteiger partial charge in [0.05, 0.1) is 16.4 Å². The molecule has 6 nitrogen and oxygen atoms in total. The Morgan fingerprint density at radius 1 is 1.00 bits per heavy atom. The number of nitrogens with one attached hydrogen (secondary N) is 1. The molecule has 0 bridgehead atoms. The van der Waals surface area contributed by atoms with E-state index in [2.05, 4.69) is 10.3 Å². The van der Waals surface area contributed by atoms with Gasteiger partial charge in [-0.3, -0.25) is 10.2 Å². The minimum atomic E-state index is -0.229. The zero-order valence-electron chi connectivity index (χ0n) is 19.3. The normalized spacial score (nSPS) is 14.5. The number of benzene rings is 2. The second-order valence-corrected chi connectivity index (χ2v) is 9.99. The van der Waals surface area contributed by atoms with Crippen LogP contribution >= 0.6 is 34.8 Å². The van der Waals surface area contributed by atoms with Gasteiger partial charge in [-0.2, -0.15) is 0 Å². The van der Waals surface area contributed by atoms with Gasteiger partial charge in [-0.15, -0.1) is 0 Å². The highest BCUT2D eigenvalue weighted by molar-refractivity contribution is 6.36. The Kier molecular flexibility index (Phi) is 8.17. The summed E-state index contributed by atoms with van der Waals surface area (Å²) in [5.41, 5.74) is 6.12. The molecule has 0 saturated carbocycles. The van der Waals surface area contributed by atoms with Gasteiger partial charge in [0.15, 0.2) is 0 Å². The summed E-state index contributed by atoms with van der Waals surface area (Å²) in [7, 11) is 4.01. The minimum Gasteiger partial charge on any atom is -0.318 e. The van der Waals surface area contributed by atoms with Crippen LogP contribution < -0.4 is 5.43 Å². The lowest BCUT2D eigenvalue weighted by atomic mass is 10.0. The quantitative estimate of drug-likeness (QED) is 0.423. The average molecular weight is 521 g/mol. The van der Waals surface area contributed by atoms with Crippen molar-refractivity contribution in [2.75, 3.05) is 33.7 Å². The van der Waals surface area contributed by atoms with E-state index in [0.717, 1.165) is 43.7 Å². The standard InChI is InChI=1S/C25H28Cl3N5O/c1-31(2)14-15-33-23(17-6-8-18(26)9-7-17)22(20-11-10-19(27)16-21(20)28)29-24(33)25(34)30-32-12-4-3-5-13-32/h6-11,16H,3-5,12-15H2,1-2H3,(H,30,34). The van der Waals surface area contributed by atoms with Gasteiger partial charge < -0.3 is 9.47 Å². The van der Waals surface area contributed by atoms with Crippen molar-refractivity contribution in [2.45, 2.75) is 25.8 Å². The summed E-state index contributed by atoms with van der Waals surface area (Å²) < 4.78 is 1.97. The molecule has 0 spiro atoms. The molecule has 1 aromatic heterocycles. The molecule has 0 unspecified atom stereocenters. The molecular formula is C25H28Cl3N5O. The minimum absolute atomic E-state index is 0.229. The number of likely N-dealkylation sites (N-methyl/N-ethyl adjacent to an activating group) is 1. The molecule has 0 aliphatic carbocycles. The van der Waals surface area contributed by atoms with E-state index >= 15 is 0 Å². The zero-order valence-corrected chi connectivity index (χ0v) is 21.6. The summed E-state index contributed by atoms with van der Waals surface area (Å²) in [6, 6.07) is 12.9. The van der Waals surface area contributed by atoms with E-state index in [1.807, 2.05) is 54.0 Å². The highest BCUT2D eigenvalue weighted by atomic mass is 35.5. The van der Waals surface area contributed by atoms with Crippen LogP contribution in [0.3, 0.4) is 0 Å². The van der Waals surface area contributed by atoms with Gasteiger partial charge in [-0.1, -0.05) is 53.4 Å². The number of amides is 1. The molecule has 1 N–H and O–H groups in total. The molecule has 1 saturated heterocycles. The number of hydrazine groups is 1. The summed E-state index contributed by atoms with van der Waals surface area (Å²) in [5.74, 6) is 0.116. The van der Waals surface area contributed by atoms with Crippen molar-refractivity contribution in [1.29, 1.82) is 0 Å². The molecule has 1 fully saturated rings. The van der Waals surface area contributed by atoms with E-state index in [4.69, 9.17) is 39.8 Å². The maximum absolute atomic E-state index is 13.5. The monoisotopic (exact) mass is 519 g/mol. The molecule has 9 heteroatoms. The number of nitrogens with zero attached hydrogens (tertiary/aromatic N) is 4. The van der Waals surface area contributed by atoms with Crippen LogP contribution in [0.25, 0.3) is 22.5 Å². The number of carbonyl (C=O) groups excluding carboxylic acids is 1. The molecule has 4 rings (SSSR count). The largest absolute Gasteiger partial charge is 0.318 e. The summed E-state index contributed by atoms with van der Waals surface area (Å²) in [6.07, 6.45) is 3.32. The number of aromatic nitrogens is 2. The van der Waals surface area contributed by atoms with Crippen molar-refractivity contribution in [3.05, 3.63) is 63.4 Å². The fourth-order valence-electron chi connectivity index (χ4n) is 4.11. The highest BCUT2D eigenvalue weighted by Gasteiger charge is 2.26. The first-order valence-corrected chi connectivity index (χ1v) is 12.5. The van der Waals surface area contributed by atoms with Gasteiger partial charge in [0.1, 0.15) is 0 Å². The first-order chi connectivity index (χ1) is 16.3. The van der Waals surface area contributed by atoms with E-state index in [1.165, 1.54) is 6.42 Å². The second-order valence-electron chi connectivity index (χ2n) is 8.71. The Labute approximate surface area is 215 Å². The Balaban J connectivity index is 1.87. The summed E-state index contributed by atoms with van der Waals surface area (Å²) in [4.78, 5) is 20.4. The molecule has 1 amide bonds. The Morgan fingerprint density at radius 3 is 2.32 bits per heavy atom. The predicted octanol–water partition coefficient (Wildman–Crippen LogP) is 5.87. The van der Waals surface area contributed by atoms with Crippen molar-refractivity contribution in [3.63, 3.8) is 0 Å². The van der Waals surface area contributed by atoms with E-state index in [1.54, 1.807) is 12.1 Å². The maximum Gasteiger partial charge on any atom is 0.301 e. The van der Waals surface area contributed by atoms with Crippen molar-refractivity contribution in [2.24, 2.45) is 0 Å². The van der Waals surface area contributed by atoms with Gasteiger partial charge in [0.2, 0.25) is 5.82 Å². The van der Waals surface area contributed by atoms with Gasteiger partial charge in [-0.25, -0.2) is 9.99 Å². The van der Waals surface area contributed by atoms with E-state index in [0.29, 0.717) is 38.7 Å². The Morgan fingerprint density at radius 2 is 1.68 bits per heavy atom. The van der Waals surface area contributed by atoms with E-state index < -0.39 is 0 Å². The molecule has 0 atom stereocenters. The predicted molar refractivity (Wildman–Crippen MR) is 140 cm³/mol. The lowest BCUT2D eigenvalue weighted by Gasteiger charge is -2.26. The van der Waals surface area contributed by atoms with Gasteiger partial charge in [-0.05, 0) is 57.3 Å². The number of imidazole rings is 1. The topological polar surface area (TPSA) is 53.4 Å². The SMILES string of the molecule is CN(C)CCn1c(C(=O)NN2CCCCC2)nc(-c2ccc(Cl)cc2Cl)c1-c1ccc(Cl)cc1. The molecule has 2 aromatic carbocycles. The van der Waals surface area contributed by atoms with E-state index in [-0.39, 0.29) is 5.91 Å². The Hall–Kier alpha value is -2.09. The number of piperidine rings is 1. The van der Waals surface area contributed by atoms with Crippen LogP contribution in [-0.2, 0) is 6.54 Å². The zero-order chi connectivity index (χ0) is 24.2. The summed E-state index contributed by atoms with van der Waals surface area (Å²) in [5, 5.41) is 3.63. The third kappa shape index (κ3) is 5.75. The second kappa shape index (κ2) is 11.1. The fraction of sp³-hybridized carbons (Fsp3) is 0.360. The van der Waals surface area contributed by atoms with Crippen molar-refractivity contribution in [1.82, 2.24) is 24.9 Å². The molecule has 34 heavy (non-hydrogen) atoms. The van der Waals surface area contributed by atoms with Crippen LogP contribution in [0.15, 0.2) is 42.5 Å². The molecule has 1 aliphatic heterocycles. The molecule has 0 radical (unpaired) electrons. The molecule has 1 aliphatic rings. The van der Waals surface area contributed by atoms with Crippen LogP contribution in [0.1, 0.15) is 29.9 Å². The number of hydrogen-bond donors (Lipinski definition) is 1. The van der Waals surface area contributed by atoms with Crippen LogP contribution in [0, 0.1) is 0 Å². The fourth-order valence-corrected chi connectivity index (χ4v) is 4.74. The molecule has 2 heterocycles. The molecular weight excluding hydrogens is 493 g/mol. The third-order valence-electron chi connectivity index (χ3n) is 5.86. The van der Waals surface area contributed by atoms with Crippen molar-refractivity contribution >= 4 is 40.7 Å². The first-order valence-electron chi connectivity index (χ1n) is 11.4. The van der Waals surface area contributed by atoms with Crippen LogP contribution in [-0.4, -0.2) is 59.1 Å². The van der Waals surface area contributed by atoms with E-state index in [9.17, 15) is 4.79 Å². The number of rotatable bonds is 7. The lowest BCUT2D eigenvalue weighted by molar-refractivity contribution is 0.0734. The van der Waals surface area contributed by atoms with Crippen molar-refractivity contribution < 1.29 is 4.79 Å². The van der Waals surface area contributed by atoms with Gasteiger partial charge in [0.25, 0.3) is 0 Å². The lowest BCUT2D eigenvalue weighted by Crippen LogP contribution is -2.45. The molecule has 3 aromatic rings. The van der Waals surface area contributed by atoms with Crippen LogP contribution in [0.2, 0.25) is 15.1 Å². The highest BCUT2D eigenvalue weighted by Crippen LogP contribution is 2.38. The first kappa shape index (κ1) is 25.0. The summed E-state index contributed by atoms with van der Waals surface area (Å²) in [6.45, 7) is 2.98. The third-order valence-corrected chi connectivity index (χ3v) is 6.66. The number of carbonyl (C=O) groups is 1. The van der Waals surface area contributed by atoms with Crippen LogP contribution in [0.4, 0.5) is 0 Å². The molecule has 180 valence electrons. The van der Waals surface area contributed by atoms with Gasteiger partial charge in [0, 0.05) is 47.4 Å². The van der Waals surface area contributed by atoms with Crippen LogP contribution in [0.5, 0.6) is 0 Å². The van der Waals surface area contributed by atoms with Gasteiger partial charge >= 0.3 is 5.91 Å². The number of hydrogen-bond acceptors (Lipinski definition) is 4. The summed E-state index contributed by atoms with van der Waals surface area (Å²) >= 11 is 18.9. The number of halogens is 3.